The van der Waals surface area contributed by atoms with Crippen LogP contribution in [0.1, 0.15) is 10.4 Å². The number of benzene rings is 1. The summed E-state index contributed by atoms with van der Waals surface area (Å²) < 4.78 is 44.9. The summed E-state index contributed by atoms with van der Waals surface area (Å²) in [6.45, 7) is 3.27. The number of nitrogens with zero attached hydrogens (tertiary/aromatic N) is 8. The van der Waals surface area contributed by atoms with Crippen LogP contribution in [-0.4, -0.2) is 106 Å². The largest absolute Gasteiger partial charge is 0.501 e. The van der Waals surface area contributed by atoms with Crippen LogP contribution >= 0.6 is 11.3 Å². The van der Waals surface area contributed by atoms with Gasteiger partial charge in [-0.15, -0.1) is 11.3 Å². The fourth-order valence-electron chi connectivity index (χ4n) is 5.12. The van der Waals surface area contributed by atoms with Gasteiger partial charge in [-0.2, -0.15) is 12.7 Å². The molecule has 2 aliphatic rings. The van der Waals surface area contributed by atoms with Gasteiger partial charge in [0.25, 0.3) is 0 Å². The maximum absolute atomic E-state index is 14.2. The number of imidazole rings is 1. The van der Waals surface area contributed by atoms with Crippen molar-refractivity contribution in [3.8, 4) is 16.5 Å². The Kier molecular flexibility index (Phi) is 7.24. The maximum Gasteiger partial charge on any atom is 0.303 e. The van der Waals surface area contributed by atoms with E-state index in [0.717, 1.165) is 13.1 Å². The Morgan fingerprint density at radius 1 is 1.10 bits per heavy atom. The first-order valence-corrected chi connectivity index (χ1v) is 15.5. The average molecular weight is 617 g/mol. The van der Waals surface area contributed by atoms with Gasteiger partial charge in [0.15, 0.2) is 5.69 Å². The van der Waals surface area contributed by atoms with Crippen molar-refractivity contribution in [3.05, 3.63) is 63.4 Å². The van der Waals surface area contributed by atoms with Gasteiger partial charge in [0.05, 0.1) is 5.69 Å². The molecule has 3 aromatic heterocycles. The number of rotatable bonds is 6. The summed E-state index contributed by atoms with van der Waals surface area (Å²) in [4.78, 5) is 39.5. The van der Waals surface area contributed by atoms with Crippen LogP contribution < -0.4 is 9.86 Å². The molecular formula is C26H29FN8O5S2. The molecule has 0 radical (unpaired) electrons. The highest BCUT2D eigenvalue weighted by Crippen LogP contribution is 2.34. The van der Waals surface area contributed by atoms with Crippen molar-refractivity contribution >= 4 is 38.9 Å². The lowest BCUT2D eigenvalue weighted by Crippen LogP contribution is -2.48. The zero-order valence-corrected chi connectivity index (χ0v) is 24.6. The number of amides is 1. The van der Waals surface area contributed by atoms with E-state index >= 15 is 0 Å². The number of hydrogen-bond donors (Lipinski definition) is 1. The minimum Gasteiger partial charge on any atom is -0.501 e. The summed E-state index contributed by atoms with van der Waals surface area (Å²) in [6.07, 6.45) is 4.82. The van der Waals surface area contributed by atoms with Crippen molar-refractivity contribution in [2.45, 2.75) is 13.0 Å². The molecule has 1 aromatic carbocycles. The number of thiazole rings is 1. The Bertz CT molecular complexity index is 1840. The molecule has 4 aromatic rings. The molecule has 0 saturated carbocycles. The number of fused-ring (bicyclic) bond motifs is 1. The molecule has 1 amide bonds. The molecule has 2 aliphatic heterocycles. The van der Waals surface area contributed by atoms with Gasteiger partial charge in [0.2, 0.25) is 17.4 Å². The van der Waals surface area contributed by atoms with E-state index in [2.05, 4.69) is 14.9 Å². The summed E-state index contributed by atoms with van der Waals surface area (Å²) in [7, 11) is -0.282. The molecule has 0 unspecified atom stereocenters. The van der Waals surface area contributed by atoms with Crippen molar-refractivity contribution in [2.75, 3.05) is 57.7 Å². The minimum absolute atomic E-state index is 0.0120. The van der Waals surface area contributed by atoms with E-state index < -0.39 is 27.3 Å². The van der Waals surface area contributed by atoms with Crippen molar-refractivity contribution in [1.82, 2.24) is 33.0 Å². The number of anilines is 1. The van der Waals surface area contributed by atoms with E-state index in [1.54, 1.807) is 21.9 Å². The number of aromatic hydroxyl groups is 1. The highest BCUT2D eigenvalue weighted by atomic mass is 32.2. The topological polar surface area (TPSA) is 137 Å². The highest BCUT2D eigenvalue weighted by molar-refractivity contribution is 7.90. The molecule has 5 heterocycles. The second kappa shape index (κ2) is 10.8. The molecule has 2 saturated heterocycles. The Labute approximate surface area is 244 Å². The molecule has 0 aliphatic carbocycles. The molecule has 6 rings (SSSR count). The number of carbonyl (C=O) groups excluding carboxylic acids is 1. The summed E-state index contributed by atoms with van der Waals surface area (Å²) in [5.74, 6) is -1.04. The first-order valence-electron chi connectivity index (χ1n) is 13.3. The first kappa shape index (κ1) is 28.3. The zero-order chi connectivity index (χ0) is 29.8. The van der Waals surface area contributed by atoms with Gasteiger partial charge in [-0.25, -0.2) is 18.8 Å². The second-order valence-electron chi connectivity index (χ2n) is 10.4. The van der Waals surface area contributed by atoms with Crippen LogP contribution in [-0.2, 0) is 28.0 Å². The molecule has 1 N–H and O–H groups in total. The summed E-state index contributed by atoms with van der Waals surface area (Å²) in [6, 6.07) is 4.01. The molecule has 222 valence electrons. The Hall–Kier alpha value is -3.86. The number of piperazine rings is 1. The van der Waals surface area contributed by atoms with Crippen LogP contribution in [0.2, 0.25) is 0 Å². The smallest absolute Gasteiger partial charge is 0.303 e. The fourth-order valence-corrected chi connectivity index (χ4v) is 7.42. The third kappa shape index (κ3) is 5.04. The van der Waals surface area contributed by atoms with Crippen LogP contribution in [0.15, 0.2) is 41.6 Å². The van der Waals surface area contributed by atoms with Crippen molar-refractivity contribution in [1.29, 1.82) is 0 Å². The number of hydrogen-bond acceptors (Lipinski definition) is 9. The van der Waals surface area contributed by atoms with E-state index in [9.17, 15) is 27.5 Å². The number of carbonyl (C=O) groups is 1. The summed E-state index contributed by atoms with van der Waals surface area (Å²) >= 11 is 1.17. The Morgan fingerprint density at radius 3 is 2.57 bits per heavy atom. The van der Waals surface area contributed by atoms with E-state index in [0.29, 0.717) is 23.5 Å². The lowest BCUT2D eigenvalue weighted by atomic mass is 10.1. The van der Waals surface area contributed by atoms with Crippen LogP contribution in [0.5, 0.6) is 5.75 Å². The van der Waals surface area contributed by atoms with Gasteiger partial charge < -0.3 is 19.5 Å². The lowest BCUT2D eigenvalue weighted by molar-refractivity contribution is -0.133. The van der Waals surface area contributed by atoms with Crippen molar-refractivity contribution in [2.24, 2.45) is 0 Å². The van der Waals surface area contributed by atoms with Crippen molar-refractivity contribution < 1.29 is 22.7 Å². The number of likely N-dealkylation sites (N-methyl/N-ethyl adjacent to an activating group) is 2. The molecule has 13 nitrogen and oxygen atoms in total. The summed E-state index contributed by atoms with van der Waals surface area (Å²) in [5.41, 5.74) is 0.111. The van der Waals surface area contributed by atoms with E-state index in [1.165, 1.54) is 55.8 Å². The Morgan fingerprint density at radius 2 is 1.86 bits per heavy atom. The highest BCUT2D eigenvalue weighted by Gasteiger charge is 2.35. The third-order valence-corrected chi connectivity index (χ3v) is 10.5. The fraction of sp³-hybridized carbons (Fsp3) is 0.385. The van der Waals surface area contributed by atoms with Gasteiger partial charge >= 0.3 is 15.8 Å². The van der Waals surface area contributed by atoms with Gasteiger partial charge in [0.1, 0.15) is 17.4 Å². The summed E-state index contributed by atoms with van der Waals surface area (Å²) in [5, 5.41) is 11.0. The molecular weight excluding hydrogens is 587 g/mol. The van der Waals surface area contributed by atoms with Gasteiger partial charge in [-0.1, -0.05) is 6.07 Å². The quantitative estimate of drug-likeness (QED) is 0.337. The molecule has 0 bridgehead atoms. The number of aromatic nitrogens is 4. The maximum atomic E-state index is 14.2. The Balaban J connectivity index is 1.29. The molecule has 2 fully saturated rings. The van der Waals surface area contributed by atoms with Gasteiger partial charge in [0, 0.05) is 76.2 Å². The standard InChI is InChI=1S/C26H29FN8O5S2/c1-30-5-8-32(9-6-30)21(36)16-33-10-11-34-25(38)23(37)22(29-26(33)34)24-28-15-19(41-24)13-17-3-4-18(27)14-20(17)35-12-7-31(2)42(35,39)40/h3-4,10-11,14-15,37H,5-9,12-13,16H2,1-2H3. The monoisotopic (exact) mass is 616 g/mol. The molecule has 16 heteroatoms. The van der Waals surface area contributed by atoms with Crippen LogP contribution in [0.3, 0.4) is 0 Å². The van der Waals surface area contributed by atoms with Crippen molar-refractivity contribution in [3.63, 3.8) is 0 Å². The normalized spacial score (nSPS) is 17.9. The van der Waals surface area contributed by atoms with Crippen LogP contribution in [0, 0.1) is 5.82 Å². The second-order valence-corrected chi connectivity index (χ2v) is 13.5. The van der Waals surface area contributed by atoms with Crippen LogP contribution in [0.25, 0.3) is 16.5 Å². The number of halogens is 1. The predicted octanol–water partition coefficient (Wildman–Crippen LogP) is 0.826. The van der Waals surface area contributed by atoms with E-state index in [1.807, 2.05) is 7.05 Å². The first-order chi connectivity index (χ1) is 20.0. The SMILES string of the molecule is CN1CCN(C(=O)Cn2ccn3c(=O)c(O)c(-c4ncc(Cc5ccc(F)cc5N5CCN(C)S5(=O)=O)s4)nc23)CC1. The zero-order valence-electron chi connectivity index (χ0n) is 23.0. The van der Waals surface area contributed by atoms with E-state index in [-0.39, 0.29) is 54.1 Å². The van der Waals surface area contributed by atoms with Crippen LogP contribution in [0.4, 0.5) is 10.1 Å². The van der Waals surface area contributed by atoms with E-state index in [4.69, 9.17) is 0 Å². The van der Waals surface area contributed by atoms with Gasteiger partial charge in [-0.3, -0.25) is 13.9 Å². The lowest BCUT2D eigenvalue weighted by Gasteiger charge is -2.32. The average Bonchev–Trinajstić information content (AvgIpc) is 3.65. The molecule has 0 atom stereocenters. The molecule has 0 spiro atoms. The predicted molar refractivity (Wildman–Crippen MR) is 154 cm³/mol. The molecule has 42 heavy (non-hydrogen) atoms. The van der Waals surface area contributed by atoms with Gasteiger partial charge in [-0.05, 0) is 24.7 Å². The minimum atomic E-state index is -3.76. The third-order valence-electron chi connectivity index (χ3n) is 7.61.